The molecular formula is C15H22ClNO. The van der Waals surface area contributed by atoms with E-state index in [0.29, 0.717) is 18.2 Å². The Morgan fingerprint density at radius 2 is 2.33 bits per heavy atom. The van der Waals surface area contributed by atoms with Gasteiger partial charge in [0.05, 0.1) is 6.10 Å². The molecule has 2 nitrogen and oxygen atoms in total. The maximum Gasteiger partial charge on any atom is 0.0561 e. The SMILES string of the molecule is CC(Cc1cccc(Cl)c1)NC1CCOC(C)C1. The van der Waals surface area contributed by atoms with Gasteiger partial charge in [-0.05, 0) is 50.8 Å². The summed E-state index contributed by atoms with van der Waals surface area (Å²) in [6.45, 7) is 5.26. The molecule has 0 radical (unpaired) electrons. The smallest absolute Gasteiger partial charge is 0.0561 e. The predicted octanol–water partition coefficient (Wildman–Crippen LogP) is 3.43. The zero-order valence-corrected chi connectivity index (χ0v) is 11.9. The van der Waals surface area contributed by atoms with E-state index in [9.17, 15) is 0 Å². The third-order valence-electron chi connectivity index (χ3n) is 3.44. The van der Waals surface area contributed by atoms with E-state index in [1.165, 1.54) is 5.56 Å². The lowest BCUT2D eigenvalue weighted by molar-refractivity contribution is 0.0116. The van der Waals surface area contributed by atoms with E-state index in [1.807, 2.05) is 18.2 Å². The quantitative estimate of drug-likeness (QED) is 0.903. The molecule has 1 aromatic carbocycles. The lowest BCUT2D eigenvalue weighted by Gasteiger charge is -2.30. The van der Waals surface area contributed by atoms with Crippen molar-refractivity contribution in [1.29, 1.82) is 0 Å². The summed E-state index contributed by atoms with van der Waals surface area (Å²) in [7, 11) is 0. The van der Waals surface area contributed by atoms with Gasteiger partial charge in [0, 0.05) is 23.7 Å². The number of benzene rings is 1. The van der Waals surface area contributed by atoms with Crippen molar-refractivity contribution >= 4 is 11.6 Å². The van der Waals surface area contributed by atoms with Crippen LogP contribution in [0.1, 0.15) is 32.3 Å². The van der Waals surface area contributed by atoms with E-state index in [1.54, 1.807) is 0 Å². The average molecular weight is 268 g/mol. The highest BCUT2D eigenvalue weighted by molar-refractivity contribution is 6.30. The van der Waals surface area contributed by atoms with Crippen LogP contribution in [0.25, 0.3) is 0 Å². The fourth-order valence-electron chi connectivity index (χ4n) is 2.63. The highest BCUT2D eigenvalue weighted by Crippen LogP contribution is 2.16. The largest absolute Gasteiger partial charge is 0.378 e. The average Bonchev–Trinajstić information content (AvgIpc) is 2.28. The molecule has 3 unspecified atom stereocenters. The zero-order chi connectivity index (χ0) is 13.0. The summed E-state index contributed by atoms with van der Waals surface area (Å²) in [5, 5.41) is 4.51. The van der Waals surface area contributed by atoms with E-state index in [2.05, 4.69) is 25.2 Å². The van der Waals surface area contributed by atoms with Crippen LogP contribution in [0.3, 0.4) is 0 Å². The summed E-state index contributed by atoms with van der Waals surface area (Å²) in [6, 6.07) is 9.18. The van der Waals surface area contributed by atoms with Gasteiger partial charge in [-0.3, -0.25) is 0 Å². The normalized spacial score (nSPS) is 25.9. The predicted molar refractivity (Wildman–Crippen MR) is 76.2 cm³/mol. The molecule has 3 heteroatoms. The maximum atomic E-state index is 6.00. The Hall–Kier alpha value is -0.570. The lowest BCUT2D eigenvalue weighted by atomic mass is 10.0. The first-order valence-corrected chi connectivity index (χ1v) is 7.13. The molecule has 0 saturated carbocycles. The van der Waals surface area contributed by atoms with Gasteiger partial charge in [0.2, 0.25) is 0 Å². The molecule has 0 aromatic heterocycles. The Morgan fingerprint density at radius 1 is 1.50 bits per heavy atom. The Balaban J connectivity index is 1.82. The van der Waals surface area contributed by atoms with Crippen LogP contribution in [0.2, 0.25) is 5.02 Å². The second-order valence-corrected chi connectivity index (χ2v) is 5.74. The molecular weight excluding hydrogens is 246 g/mol. The number of halogens is 1. The Kier molecular flexibility index (Phi) is 5.04. The number of hydrogen-bond acceptors (Lipinski definition) is 2. The molecule has 1 aliphatic rings. The molecule has 1 N–H and O–H groups in total. The molecule has 1 aliphatic heterocycles. The van der Waals surface area contributed by atoms with Gasteiger partial charge in [0.15, 0.2) is 0 Å². The standard InChI is InChI=1S/C15H22ClNO/c1-11(8-13-4-3-5-14(16)10-13)17-15-6-7-18-12(2)9-15/h3-5,10-12,15,17H,6-9H2,1-2H3. The van der Waals surface area contributed by atoms with Crippen LogP contribution >= 0.6 is 11.6 Å². The molecule has 1 saturated heterocycles. The zero-order valence-electron chi connectivity index (χ0n) is 11.2. The third-order valence-corrected chi connectivity index (χ3v) is 3.67. The number of hydrogen-bond donors (Lipinski definition) is 1. The maximum absolute atomic E-state index is 6.00. The summed E-state index contributed by atoms with van der Waals surface area (Å²) >= 11 is 6.00. The van der Waals surface area contributed by atoms with Gasteiger partial charge >= 0.3 is 0 Å². The topological polar surface area (TPSA) is 21.3 Å². The fraction of sp³-hybridized carbons (Fsp3) is 0.600. The van der Waals surface area contributed by atoms with Crippen molar-refractivity contribution in [3.8, 4) is 0 Å². The highest BCUT2D eigenvalue weighted by Gasteiger charge is 2.20. The summed E-state index contributed by atoms with van der Waals surface area (Å²) in [5.74, 6) is 0. The molecule has 1 heterocycles. The monoisotopic (exact) mass is 267 g/mol. The summed E-state index contributed by atoms with van der Waals surface area (Å²) in [5.41, 5.74) is 1.29. The summed E-state index contributed by atoms with van der Waals surface area (Å²) in [4.78, 5) is 0. The molecule has 0 bridgehead atoms. The van der Waals surface area contributed by atoms with E-state index >= 15 is 0 Å². The molecule has 1 aromatic rings. The minimum absolute atomic E-state index is 0.384. The summed E-state index contributed by atoms with van der Waals surface area (Å²) < 4.78 is 5.57. The lowest BCUT2D eigenvalue weighted by Crippen LogP contribution is -2.43. The van der Waals surface area contributed by atoms with Gasteiger partial charge in [-0.15, -0.1) is 0 Å². The number of ether oxygens (including phenoxy) is 1. The van der Waals surface area contributed by atoms with E-state index in [-0.39, 0.29) is 0 Å². The molecule has 100 valence electrons. The van der Waals surface area contributed by atoms with E-state index < -0.39 is 0 Å². The Labute approximate surface area is 115 Å². The van der Waals surface area contributed by atoms with Crippen LogP contribution in [0.5, 0.6) is 0 Å². The van der Waals surface area contributed by atoms with Gasteiger partial charge in [-0.1, -0.05) is 23.7 Å². The van der Waals surface area contributed by atoms with Gasteiger partial charge < -0.3 is 10.1 Å². The van der Waals surface area contributed by atoms with Crippen molar-refractivity contribution < 1.29 is 4.74 Å². The van der Waals surface area contributed by atoms with Crippen molar-refractivity contribution in [1.82, 2.24) is 5.32 Å². The van der Waals surface area contributed by atoms with Crippen LogP contribution in [0, 0.1) is 0 Å². The second kappa shape index (κ2) is 6.55. The fourth-order valence-corrected chi connectivity index (χ4v) is 2.84. The van der Waals surface area contributed by atoms with Crippen molar-refractivity contribution in [2.45, 2.75) is 51.3 Å². The molecule has 18 heavy (non-hydrogen) atoms. The van der Waals surface area contributed by atoms with Crippen molar-refractivity contribution in [3.05, 3.63) is 34.9 Å². The number of rotatable bonds is 4. The summed E-state index contributed by atoms with van der Waals surface area (Å²) in [6.07, 6.45) is 3.63. The van der Waals surface area contributed by atoms with Gasteiger partial charge in [-0.25, -0.2) is 0 Å². The van der Waals surface area contributed by atoms with Gasteiger partial charge in [-0.2, -0.15) is 0 Å². The molecule has 3 atom stereocenters. The van der Waals surface area contributed by atoms with Crippen LogP contribution < -0.4 is 5.32 Å². The Bertz CT molecular complexity index is 383. The molecule has 0 amide bonds. The molecule has 1 fully saturated rings. The first-order valence-electron chi connectivity index (χ1n) is 6.75. The highest BCUT2D eigenvalue weighted by atomic mass is 35.5. The molecule has 0 spiro atoms. The minimum Gasteiger partial charge on any atom is -0.378 e. The van der Waals surface area contributed by atoms with Gasteiger partial charge in [0.1, 0.15) is 0 Å². The Morgan fingerprint density at radius 3 is 3.06 bits per heavy atom. The van der Waals surface area contributed by atoms with Crippen LogP contribution in [-0.2, 0) is 11.2 Å². The minimum atomic E-state index is 0.384. The van der Waals surface area contributed by atoms with Crippen LogP contribution in [0.4, 0.5) is 0 Å². The second-order valence-electron chi connectivity index (χ2n) is 5.30. The first kappa shape index (κ1) is 13.9. The van der Waals surface area contributed by atoms with Gasteiger partial charge in [0.25, 0.3) is 0 Å². The van der Waals surface area contributed by atoms with Crippen LogP contribution in [0.15, 0.2) is 24.3 Å². The number of nitrogens with one attached hydrogen (secondary N) is 1. The van der Waals surface area contributed by atoms with Crippen molar-refractivity contribution in [2.24, 2.45) is 0 Å². The van der Waals surface area contributed by atoms with Crippen molar-refractivity contribution in [2.75, 3.05) is 6.61 Å². The first-order chi connectivity index (χ1) is 8.63. The molecule has 2 rings (SSSR count). The third kappa shape index (κ3) is 4.27. The van der Waals surface area contributed by atoms with E-state index in [0.717, 1.165) is 30.9 Å². The van der Waals surface area contributed by atoms with Crippen LogP contribution in [-0.4, -0.2) is 24.8 Å². The van der Waals surface area contributed by atoms with Crippen molar-refractivity contribution in [3.63, 3.8) is 0 Å². The molecule has 0 aliphatic carbocycles. The van der Waals surface area contributed by atoms with E-state index in [4.69, 9.17) is 16.3 Å².